The lowest BCUT2D eigenvalue weighted by Gasteiger charge is -2.34. The number of fused-ring (bicyclic) bond motifs is 3. The van der Waals surface area contributed by atoms with Gasteiger partial charge in [0.05, 0.1) is 0 Å². The number of para-hydroxylation sites is 1. The van der Waals surface area contributed by atoms with Crippen LogP contribution in [-0.2, 0) is 11.3 Å². The molecule has 0 saturated carbocycles. The van der Waals surface area contributed by atoms with Crippen molar-refractivity contribution in [1.82, 2.24) is 19.8 Å². The molecule has 1 amide bonds. The van der Waals surface area contributed by atoms with Crippen molar-refractivity contribution in [2.24, 2.45) is 5.92 Å². The zero-order valence-electron chi connectivity index (χ0n) is 21.9. The average molecular weight is 479 g/mol. The highest BCUT2D eigenvalue weighted by molar-refractivity contribution is 5.77. The van der Waals surface area contributed by atoms with E-state index in [4.69, 9.17) is 0 Å². The fourth-order valence-electron chi connectivity index (χ4n) is 5.46. The van der Waals surface area contributed by atoms with Gasteiger partial charge in [-0.25, -0.2) is 9.97 Å². The second-order valence-corrected chi connectivity index (χ2v) is 10.6. The Labute approximate surface area is 210 Å². The summed E-state index contributed by atoms with van der Waals surface area (Å²) in [6, 6.07) is 11.4. The van der Waals surface area contributed by atoms with E-state index in [-0.39, 0.29) is 5.91 Å². The van der Waals surface area contributed by atoms with Crippen molar-refractivity contribution in [1.29, 1.82) is 0 Å². The Bertz CT molecular complexity index is 973. The van der Waals surface area contributed by atoms with Gasteiger partial charge in [-0.15, -0.1) is 0 Å². The molecule has 0 aliphatic carbocycles. The second kappa shape index (κ2) is 11.8. The zero-order chi connectivity index (χ0) is 24.8. The quantitative estimate of drug-likeness (QED) is 0.605. The van der Waals surface area contributed by atoms with Gasteiger partial charge >= 0.3 is 0 Å². The minimum atomic E-state index is 0.184. The van der Waals surface area contributed by atoms with Gasteiger partial charge in [-0.3, -0.25) is 9.69 Å². The van der Waals surface area contributed by atoms with E-state index in [0.29, 0.717) is 43.5 Å². The third kappa shape index (κ3) is 6.94. The lowest BCUT2D eigenvalue weighted by atomic mass is 10.1. The lowest BCUT2D eigenvalue weighted by Crippen LogP contribution is -2.46. The molecular formula is C28H42N6O. The molecule has 2 N–H and O–H groups in total. The number of hydrogen-bond acceptors (Lipinski definition) is 6. The van der Waals surface area contributed by atoms with E-state index in [9.17, 15) is 4.79 Å². The molecule has 2 aliphatic rings. The summed E-state index contributed by atoms with van der Waals surface area (Å²) in [6.07, 6.45) is 5.17. The molecule has 3 heterocycles. The third-order valence-corrected chi connectivity index (χ3v) is 7.30. The second-order valence-electron chi connectivity index (χ2n) is 10.6. The number of hydrogen-bond donors (Lipinski definition) is 2. The normalized spacial score (nSPS) is 20.8. The van der Waals surface area contributed by atoms with Crippen LogP contribution in [0.2, 0.25) is 0 Å². The first-order valence-corrected chi connectivity index (χ1v) is 13.3. The van der Waals surface area contributed by atoms with Gasteiger partial charge in [0, 0.05) is 61.8 Å². The van der Waals surface area contributed by atoms with Gasteiger partial charge in [-0.05, 0) is 69.7 Å². The Morgan fingerprint density at radius 2 is 1.86 bits per heavy atom. The van der Waals surface area contributed by atoms with Gasteiger partial charge in [0.2, 0.25) is 11.9 Å². The minimum absolute atomic E-state index is 0.184. The summed E-state index contributed by atoms with van der Waals surface area (Å²) >= 11 is 0. The highest BCUT2D eigenvalue weighted by Crippen LogP contribution is 2.30. The number of benzene rings is 1. The number of aryl methyl sites for hydroxylation is 2. The summed E-state index contributed by atoms with van der Waals surface area (Å²) in [5.74, 6) is 1.47. The molecule has 1 aromatic carbocycles. The first-order chi connectivity index (χ1) is 16.9. The van der Waals surface area contributed by atoms with Gasteiger partial charge in [-0.2, -0.15) is 0 Å². The van der Waals surface area contributed by atoms with Crippen LogP contribution in [0.1, 0.15) is 62.9 Å². The summed E-state index contributed by atoms with van der Waals surface area (Å²) in [5.41, 5.74) is 4.20. The molecule has 1 aromatic heterocycles. The van der Waals surface area contributed by atoms with Crippen molar-refractivity contribution >= 4 is 17.5 Å². The van der Waals surface area contributed by atoms with Crippen LogP contribution in [-0.4, -0.2) is 63.9 Å². The number of nitrogens with one attached hydrogen (secondary N) is 2. The minimum Gasteiger partial charge on any atom is -0.385 e. The number of nitrogens with zero attached hydrogens (tertiary/aromatic N) is 4. The highest BCUT2D eigenvalue weighted by atomic mass is 16.2. The molecule has 7 heteroatoms. The molecule has 0 unspecified atom stereocenters. The van der Waals surface area contributed by atoms with E-state index in [2.05, 4.69) is 68.5 Å². The molecule has 2 bridgehead atoms. The summed E-state index contributed by atoms with van der Waals surface area (Å²) in [6.45, 7) is 12.6. The predicted molar refractivity (Wildman–Crippen MR) is 143 cm³/mol. The smallest absolute Gasteiger partial charge is 0.224 e. The largest absolute Gasteiger partial charge is 0.385 e. The summed E-state index contributed by atoms with van der Waals surface area (Å²) in [4.78, 5) is 27.2. The van der Waals surface area contributed by atoms with E-state index < -0.39 is 0 Å². The predicted octanol–water partition coefficient (Wildman–Crippen LogP) is 4.62. The third-order valence-electron chi connectivity index (χ3n) is 7.30. The van der Waals surface area contributed by atoms with Crippen molar-refractivity contribution < 1.29 is 4.79 Å². The monoisotopic (exact) mass is 478 g/mol. The fraction of sp³-hybridized carbons (Fsp3) is 0.607. The molecule has 0 spiro atoms. The molecule has 4 rings (SSSR count). The van der Waals surface area contributed by atoms with E-state index >= 15 is 0 Å². The van der Waals surface area contributed by atoms with Gasteiger partial charge in [-0.1, -0.05) is 32.0 Å². The van der Waals surface area contributed by atoms with Gasteiger partial charge in [0.15, 0.2) is 0 Å². The van der Waals surface area contributed by atoms with Crippen molar-refractivity contribution in [2.45, 2.75) is 78.4 Å². The Balaban J connectivity index is 1.49. The molecule has 7 nitrogen and oxygen atoms in total. The topological polar surface area (TPSA) is 73.4 Å². The molecule has 2 atom stereocenters. The van der Waals surface area contributed by atoms with Crippen LogP contribution in [0, 0.1) is 19.8 Å². The highest BCUT2D eigenvalue weighted by Gasteiger charge is 2.35. The Kier molecular flexibility index (Phi) is 8.60. The van der Waals surface area contributed by atoms with Crippen molar-refractivity contribution in [3.63, 3.8) is 0 Å². The molecule has 35 heavy (non-hydrogen) atoms. The van der Waals surface area contributed by atoms with Gasteiger partial charge < -0.3 is 15.5 Å². The standard InChI is InChI=1S/C28H42N6O/c1-20(2)13-16-34-24-9-10-25(34)19-33(18-23-7-5-6-8-26(23)29-14-11-24)27(35)12-15-30-28-31-21(3)17-22(4)32-28/h5-8,17,20,24-25,29H,9-16,18-19H2,1-4H3,(H,30,31,32)/t24-,25+/m1/s1. The Morgan fingerprint density at radius 3 is 2.63 bits per heavy atom. The average Bonchev–Trinajstić information content (AvgIpc) is 3.17. The number of rotatable bonds is 7. The maximum Gasteiger partial charge on any atom is 0.224 e. The number of aromatic nitrogens is 2. The number of carbonyl (C=O) groups is 1. The van der Waals surface area contributed by atoms with E-state index in [1.807, 2.05) is 19.9 Å². The van der Waals surface area contributed by atoms with Crippen LogP contribution in [0.3, 0.4) is 0 Å². The summed E-state index contributed by atoms with van der Waals surface area (Å²) in [5, 5.41) is 6.93. The van der Waals surface area contributed by atoms with Crippen LogP contribution in [0.25, 0.3) is 0 Å². The Morgan fingerprint density at radius 1 is 1.11 bits per heavy atom. The van der Waals surface area contributed by atoms with Crippen molar-refractivity contribution in [3.8, 4) is 0 Å². The van der Waals surface area contributed by atoms with Crippen molar-refractivity contribution in [3.05, 3.63) is 47.3 Å². The van der Waals surface area contributed by atoms with Gasteiger partial charge in [0.25, 0.3) is 0 Å². The van der Waals surface area contributed by atoms with Crippen LogP contribution in [0.15, 0.2) is 30.3 Å². The lowest BCUT2D eigenvalue weighted by molar-refractivity contribution is -0.132. The van der Waals surface area contributed by atoms with Crippen molar-refractivity contribution in [2.75, 3.05) is 36.8 Å². The van der Waals surface area contributed by atoms with Crippen LogP contribution in [0.4, 0.5) is 11.6 Å². The SMILES string of the molecule is Cc1cc(C)nc(NCCC(=O)N2Cc3ccccc3NCC[C@H]3CC[C@@H](C2)N3CCC(C)C)n1. The first kappa shape index (κ1) is 25.4. The summed E-state index contributed by atoms with van der Waals surface area (Å²) < 4.78 is 0. The fourth-order valence-corrected chi connectivity index (χ4v) is 5.46. The number of carbonyl (C=O) groups excluding carboxylic acids is 1. The first-order valence-electron chi connectivity index (χ1n) is 13.3. The molecule has 2 aromatic rings. The zero-order valence-corrected chi connectivity index (χ0v) is 21.9. The van der Waals surface area contributed by atoms with Crippen LogP contribution < -0.4 is 10.6 Å². The maximum absolute atomic E-state index is 13.5. The number of amides is 1. The summed E-state index contributed by atoms with van der Waals surface area (Å²) in [7, 11) is 0. The van der Waals surface area contributed by atoms with Gasteiger partial charge in [0.1, 0.15) is 0 Å². The Hall–Kier alpha value is -2.67. The molecule has 1 fully saturated rings. The van der Waals surface area contributed by atoms with E-state index in [1.165, 1.54) is 24.8 Å². The maximum atomic E-state index is 13.5. The van der Waals surface area contributed by atoms with E-state index in [1.54, 1.807) is 0 Å². The molecule has 190 valence electrons. The van der Waals surface area contributed by atoms with Crippen LogP contribution in [0.5, 0.6) is 0 Å². The molecule has 1 saturated heterocycles. The van der Waals surface area contributed by atoms with Crippen LogP contribution >= 0.6 is 0 Å². The number of anilines is 2. The molecule has 0 radical (unpaired) electrons. The van der Waals surface area contributed by atoms with E-state index in [0.717, 1.165) is 43.1 Å². The molecular weight excluding hydrogens is 436 g/mol. The molecule has 2 aliphatic heterocycles.